The van der Waals surface area contributed by atoms with Gasteiger partial charge in [0.05, 0.1) is 5.56 Å². The van der Waals surface area contributed by atoms with Gasteiger partial charge in [-0.3, -0.25) is 0 Å². The van der Waals surface area contributed by atoms with Gasteiger partial charge in [0.15, 0.2) is 0 Å². The van der Waals surface area contributed by atoms with Crippen LogP contribution in [0, 0.1) is 24.6 Å². The minimum absolute atomic E-state index is 0.0223. The Labute approximate surface area is 224 Å². The summed E-state index contributed by atoms with van der Waals surface area (Å²) in [6.07, 6.45) is -4.20. The van der Waals surface area contributed by atoms with E-state index in [1.165, 1.54) is 11.1 Å². The number of hydrogen-bond acceptors (Lipinski definition) is 2. The minimum atomic E-state index is -4.63. The highest BCUT2D eigenvalue weighted by atomic mass is 19.4. The first-order chi connectivity index (χ1) is 18.0. The summed E-state index contributed by atoms with van der Waals surface area (Å²) in [4.78, 5) is 0. The Morgan fingerprint density at radius 2 is 1.58 bits per heavy atom. The van der Waals surface area contributed by atoms with Crippen molar-refractivity contribution in [2.75, 3.05) is 13.2 Å². The van der Waals surface area contributed by atoms with E-state index >= 15 is 4.39 Å². The van der Waals surface area contributed by atoms with Gasteiger partial charge in [0, 0.05) is 18.7 Å². The van der Waals surface area contributed by atoms with Crippen LogP contribution in [0.15, 0.2) is 66.7 Å². The molecule has 0 bridgehead atoms. The third-order valence-corrected chi connectivity index (χ3v) is 6.85. The number of alkyl halides is 3. The average Bonchev–Trinajstić information content (AvgIpc) is 2.84. The van der Waals surface area contributed by atoms with Gasteiger partial charge in [0.2, 0.25) is 0 Å². The molecule has 0 aromatic heterocycles. The van der Waals surface area contributed by atoms with Crippen LogP contribution in [-0.2, 0) is 12.7 Å². The van der Waals surface area contributed by atoms with Crippen molar-refractivity contribution in [3.8, 4) is 5.75 Å². The van der Waals surface area contributed by atoms with Crippen LogP contribution in [0.1, 0.15) is 73.8 Å². The molecule has 0 amide bonds. The molecule has 0 fully saturated rings. The zero-order chi connectivity index (χ0) is 27.9. The quantitative estimate of drug-likeness (QED) is 0.187. The Hall–Kier alpha value is -2.86. The molecule has 0 saturated carbocycles. The number of benzene rings is 3. The highest BCUT2D eigenvalue weighted by molar-refractivity contribution is 5.39. The lowest BCUT2D eigenvalue weighted by atomic mass is 9.70. The molecule has 0 aliphatic heterocycles. The van der Waals surface area contributed by atoms with E-state index in [-0.39, 0.29) is 23.3 Å². The Morgan fingerprint density at radius 3 is 2.21 bits per heavy atom. The summed E-state index contributed by atoms with van der Waals surface area (Å²) >= 11 is 0. The second-order valence-electron chi connectivity index (χ2n) is 10.8. The molecule has 3 aromatic rings. The fourth-order valence-electron chi connectivity index (χ4n) is 5.19. The summed E-state index contributed by atoms with van der Waals surface area (Å²) in [7, 11) is 0. The fourth-order valence-corrected chi connectivity index (χ4v) is 5.19. The van der Waals surface area contributed by atoms with Gasteiger partial charge in [-0.1, -0.05) is 75.7 Å². The number of hydrogen-bond donors (Lipinski definition) is 1. The van der Waals surface area contributed by atoms with E-state index in [1.807, 2.05) is 52.0 Å². The molecular weight excluding hydrogens is 490 g/mol. The van der Waals surface area contributed by atoms with E-state index in [0.717, 1.165) is 30.3 Å². The second kappa shape index (κ2) is 13.3. The molecule has 206 valence electrons. The van der Waals surface area contributed by atoms with Crippen molar-refractivity contribution in [3.63, 3.8) is 0 Å². The SMILES string of the molecule is Cc1ccc(CNCCOc2cccc(C(C(C)C)C(CC(C)C)c3c(F)cccc3C(F)(F)F)c2)cc1. The molecule has 0 spiro atoms. The van der Waals surface area contributed by atoms with Crippen molar-refractivity contribution >= 4 is 0 Å². The van der Waals surface area contributed by atoms with Gasteiger partial charge in [-0.15, -0.1) is 0 Å². The van der Waals surface area contributed by atoms with Crippen LogP contribution in [0.3, 0.4) is 0 Å². The first-order valence-corrected chi connectivity index (χ1v) is 13.3. The molecule has 2 atom stereocenters. The van der Waals surface area contributed by atoms with Gasteiger partial charge >= 0.3 is 6.18 Å². The Kier molecular flexibility index (Phi) is 10.4. The molecule has 0 aliphatic rings. The molecule has 2 unspecified atom stereocenters. The van der Waals surface area contributed by atoms with Crippen molar-refractivity contribution < 1.29 is 22.3 Å². The molecular formula is C32H39F4NO. The highest BCUT2D eigenvalue weighted by Gasteiger charge is 2.40. The average molecular weight is 530 g/mol. The van der Waals surface area contributed by atoms with Gasteiger partial charge in [-0.2, -0.15) is 13.2 Å². The second-order valence-corrected chi connectivity index (χ2v) is 10.8. The molecule has 2 nitrogen and oxygen atoms in total. The maximum atomic E-state index is 15.1. The lowest BCUT2D eigenvalue weighted by Gasteiger charge is -2.34. The maximum Gasteiger partial charge on any atom is 0.416 e. The van der Waals surface area contributed by atoms with Gasteiger partial charge in [0.1, 0.15) is 18.2 Å². The number of ether oxygens (including phenoxy) is 1. The third-order valence-electron chi connectivity index (χ3n) is 6.85. The summed E-state index contributed by atoms with van der Waals surface area (Å²) in [5.41, 5.74) is 2.14. The highest BCUT2D eigenvalue weighted by Crippen LogP contribution is 2.47. The van der Waals surface area contributed by atoms with E-state index < -0.39 is 23.5 Å². The predicted molar refractivity (Wildman–Crippen MR) is 146 cm³/mol. The van der Waals surface area contributed by atoms with Gasteiger partial charge in [0.25, 0.3) is 0 Å². The Bertz CT molecular complexity index is 1150. The first kappa shape index (κ1) is 29.7. The van der Waals surface area contributed by atoms with Crippen LogP contribution in [0.4, 0.5) is 17.6 Å². The van der Waals surface area contributed by atoms with E-state index in [0.29, 0.717) is 25.3 Å². The van der Waals surface area contributed by atoms with Crippen LogP contribution in [0.2, 0.25) is 0 Å². The molecule has 3 rings (SSSR count). The smallest absolute Gasteiger partial charge is 0.416 e. The van der Waals surface area contributed by atoms with Crippen molar-refractivity contribution in [2.24, 2.45) is 11.8 Å². The van der Waals surface area contributed by atoms with Gasteiger partial charge in [-0.25, -0.2) is 4.39 Å². The predicted octanol–water partition coefficient (Wildman–Crippen LogP) is 8.89. The van der Waals surface area contributed by atoms with Gasteiger partial charge < -0.3 is 10.1 Å². The Morgan fingerprint density at radius 1 is 0.895 bits per heavy atom. The van der Waals surface area contributed by atoms with Crippen molar-refractivity contribution in [2.45, 2.75) is 65.6 Å². The standard InChI is InChI=1S/C32H39F4NO/c1-21(2)18-27(31-28(32(34,35)36)10-7-11-29(31)33)30(22(3)4)25-8-6-9-26(19-25)38-17-16-37-20-24-14-12-23(5)13-15-24/h6-15,19,21-22,27,30,37H,16-18,20H2,1-5H3. The van der Waals surface area contributed by atoms with Crippen LogP contribution in [0.25, 0.3) is 0 Å². The fraction of sp³-hybridized carbons (Fsp3) is 0.438. The maximum absolute atomic E-state index is 15.1. The zero-order valence-corrected chi connectivity index (χ0v) is 22.9. The number of halogens is 4. The molecule has 0 saturated heterocycles. The lowest BCUT2D eigenvalue weighted by molar-refractivity contribution is -0.138. The van der Waals surface area contributed by atoms with Crippen LogP contribution < -0.4 is 10.1 Å². The van der Waals surface area contributed by atoms with Crippen LogP contribution in [0.5, 0.6) is 5.75 Å². The number of nitrogens with one attached hydrogen (secondary N) is 1. The molecule has 6 heteroatoms. The van der Waals surface area contributed by atoms with E-state index in [2.05, 4.69) is 36.5 Å². The molecule has 0 aliphatic carbocycles. The van der Waals surface area contributed by atoms with E-state index in [9.17, 15) is 13.2 Å². The summed E-state index contributed by atoms with van der Waals surface area (Å²) in [6.45, 7) is 11.8. The molecule has 1 N–H and O–H groups in total. The van der Waals surface area contributed by atoms with Crippen LogP contribution >= 0.6 is 0 Å². The summed E-state index contributed by atoms with van der Waals surface area (Å²) < 4.78 is 63.1. The van der Waals surface area contributed by atoms with E-state index in [4.69, 9.17) is 4.74 Å². The molecule has 0 radical (unpaired) electrons. The molecule has 3 aromatic carbocycles. The van der Waals surface area contributed by atoms with Gasteiger partial charge in [-0.05, 0) is 72.4 Å². The van der Waals surface area contributed by atoms with E-state index in [1.54, 1.807) is 0 Å². The van der Waals surface area contributed by atoms with Crippen molar-refractivity contribution in [3.05, 3.63) is 100 Å². The zero-order valence-electron chi connectivity index (χ0n) is 22.9. The molecule has 0 heterocycles. The normalized spacial score (nSPS) is 13.7. The lowest BCUT2D eigenvalue weighted by Crippen LogP contribution is -2.23. The summed E-state index contributed by atoms with van der Waals surface area (Å²) in [6, 6.07) is 19.1. The third kappa shape index (κ3) is 8.07. The van der Waals surface area contributed by atoms with Crippen LogP contribution in [-0.4, -0.2) is 13.2 Å². The Balaban J connectivity index is 1.81. The van der Waals surface area contributed by atoms with Crippen molar-refractivity contribution in [1.29, 1.82) is 0 Å². The summed E-state index contributed by atoms with van der Waals surface area (Å²) in [5, 5.41) is 3.36. The topological polar surface area (TPSA) is 21.3 Å². The molecule has 38 heavy (non-hydrogen) atoms. The first-order valence-electron chi connectivity index (χ1n) is 13.3. The monoisotopic (exact) mass is 529 g/mol. The summed E-state index contributed by atoms with van der Waals surface area (Å²) in [5.74, 6) is -1.05. The minimum Gasteiger partial charge on any atom is -0.492 e. The largest absolute Gasteiger partial charge is 0.492 e. The number of aryl methyl sites for hydroxylation is 1. The number of rotatable bonds is 12. The van der Waals surface area contributed by atoms with Crippen molar-refractivity contribution in [1.82, 2.24) is 5.32 Å².